The van der Waals surface area contributed by atoms with E-state index in [1.807, 2.05) is 0 Å². The van der Waals surface area contributed by atoms with Gasteiger partial charge in [-0.3, -0.25) is 0 Å². The van der Waals surface area contributed by atoms with Crippen molar-refractivity contribution in [3.63, 3.8) is 0 Å². The topological polar surface area (TPSA) is 169 Å². The molecule has 10 heteroatoms. The van der Waals surface area contributed by atoms with Gasteiger partial charge in [0.2, 0.25) is 0 Å². The molecule has 0 aliphatic carbocycles. The van der Waals surface area contributed by atoms with Gasteiger partial charge in [-0.2, -0.15) is 0 Å². The van der Waals surface area contributed by atoms with Crippen molar-refractivity contribution in [2.45, 2.75) is 68.3 Å². The fraction of sp³-hybridized carbons (Fsp3) is 1.00. The minimum atomic E-state index is -1.70. The fourth-order valence-electron chi connectivity index (χ4n) is 2.41. The Bertz CT molecular complexity index is 334. The molecule has 1 unspecified atom stereocenters. The second kappa shape index (κ2) is 7.01. The molecule has 10 atom stereocenters. The first-order valence-corrected chi connectivity index (χ1v) is 6.93. The van der Waals surface area contributed by atoms with Gasteiger partial charge in [0, 0.05) is 0 Å². The van der Waals surface area contributed by atoms with Crippen LogP contribution in [0.15, 0.2) is 0 Å². The maximum atomic E-state index is 9.76. The first-order chi connectivity index (χ1) is 10.2. The van der Waals surface area contributed by atoms with Crippen molar-refractivity contribution < 1.29 is 50.0 Å². The summed E-state index contributed by atoms with van der Waals surface area (Å²) in [6.45, 7) is 1.09. The van der Waals surface area contributed by atoms with E-state index in [1.54, 1.807) is 0 Å². The van der Waals surface area contributed by atoms with E-state index in [9.17, 15) is 35.7 Å². The van der Waals surface area contributed by atoms with Crippen LogP contribution >= 0.6 is 0 Å². The van der Waals surface area contributed by atoms with Gasteiger partial charge in [-0.05, 0) is 6.92 Å². The Labute approximate surface area is 126 Å². The van der Waals surface area contributed by atoms with E-state index in [2.05, 4.69) is 0 Å². The molecule has 2 rings (SSSR count). The average molecular weight is 326 g/mol. The Kier molecular flexibility index (Phi) is 5.72. The number of ether oxygens (including phenoxy) is 3. The maximum absolute atomic E-state index is 9.76. The third-order valence-electron chi connectivity index (χ3n) is 3.92. The Morgan fingerprint density at radius 2 is 1.32 bits per heavy atom. The minimum absolute atomic E-state index is 0.390. The predicted octanol–water partition coefficient (Wildman–Crippen LogP) is -4.37. The van der Waals surface area contributed by atoms with Crippen LogP contribution in [0.5, 0.6) is 0 Å². The number of aliphatic hydroxyl groups is 7. The summed E-state index contributed by atoms with van der Waals surface area (Å²) >= 11 is 0. The first-order valence-electron chi connectivity index (χ1n) is 6.93. The van der Waals surface area contributed by atoms with Gasteiger partial charge in [0.15, 0.2) is 12.6 Å². The van der Waals surface area contributed by atoms with Crippen LogP contribution in [0.25, 0.3) is 0 Å². The molecule has 10 nitrogen and oxygen atoms in total. The average Bonchev–Trinajstić information content (AvgIpc) is 2.49. The van der Waals surface area contributed by atoms with E-state index in [-0.39, 0.29) is 6.61 Å². The molecule has 2 aliphatic rings. The number of hydrogen-bond donors (Lipinski definition) is 7. The molecule has 2 saturated heterocycles. The molecule has 22 heavy (non-hydrogen) atoms. The standard InChI is InChI=1S/C12H22O10/c1-3-5(13)7(15)10(18)12(21-3)20-2-4-6(14)8(16)9(17)11(19)22-4/h3-19H,2H2,1H3/t3-,4+,5+,6+,7+,8-,9+,10-,11?,12+/m0/s1. The highest BCUT2D eigenvalue weighted by Crippen LogP contribution is 2.24. The summed E-state index contributed by atoms with van der Waals surface area (Å²) in [6.07, 6.45) is -14.0. The van der Waals surface area contributed by atoms with E-state index in [1.165, 1.54) is 6.92 Å². The second-order valence-corrected chi connectivity index (χ2v) is 5.55. The molecule has 0 aromatic heterocycles. The molecule has 7 N–H and O–H groups in total. The van der Waals surface area contributed by atoms with Crippen LogP contribution in [0, 0.1) is 0 Å². The second-order valence-electron chi connectivity index (χ2n) is 5.55. The Balaban J connectivity index is 1.92. The van der Waals surface area contributed by atoms with Crippen LogP contribution < -0.4 is 0 Å². The van der Waals surface area contributed by atoms with Gasteiger partial charge in [0.1, 0.15) is 42.7 Å². The summed E-state index contributed by atoms with van der Waals surface area (Å²) in [5, 5.41) is 67.0. The summed E-state index contributed by atoms with van der Waals surface area (Å²) in [4.78, 5) is 0. The van der Waals surface area contributed by atoms with Crippen molar-refractivity contribution in [3.8, 4) is 0 Å². The molecule has 0 saturated carbocycles. The maximum Gasteiger partial charge on any atom is 0.186 e. The lowest BCUT2D eigenvalue weighted by molar-refractivity contribution is -0.322. The molecular weight excluding hydrogens is 304 g/mol. The third kappa shape index (κ3) is 3.41. The summed E-state index contributed by atoms with van der Waals surface area (Å²) in [6, 6.07) is 0. The highest BCUT2D eigenvalue weighted by molar-refractivity contribution is 4.90. The zero-order valence-electron chi connectivity index (χ0n) is 11.8. The van der Waals surface area contributed by atoms with Gasteiger partial charge in [-0.1, -0.05) is 0 Å². The Morgan fingerprint density at radius 3 is 1.95 bits per heavy atom. The smallest absolute Gasteiger partial charge is 0.186 e. The van der Waals surface area contributed by atoms with Crippen molar-refractivity contribution in [2.75, 3.05) is 6.61 Å². The monoisotopic (exact) mass is 326 g/mol. The minimum Gasteiger partial charge on any atom is -0.388 e. The number of hydrogen-bond acceptors (Lipinski definition) is 10. The number of aliphatic hydroxyl groups excluding tert-OH is 7. The summed E-state index contributed by atoms with van der Waals surface area (Å²) in [5.41, 5.74) is 0. The van der Waals surface area contributed by atoms with Crippen LogP contribution in [0.1, 0.15) is 6.92 Å². The highest BCUT2D eigenvalue weighted by Gasteiger charge is 2.45. The normalized spacial score (nSPS) is 53.5. The number of rotatable bonds is 3. The van der Waals surface area contributed by atoms with Gasteiger partial charge in [0.05, 0.1) is 12.7 Å². The fourth-order valence-corrected chi connectivity index (χ4v) is 2.41. The molecule has 2 aliphatic heterocycles. The summed E-state index contributed by atoms with van der Waals surface area (Å²) in [5.74, 6) is 0. The predicted molar refractivity (Wildman–Crippen MR) is 67.2 cm³/mol. The highest BCUT2D eigenvalue weighted by atomic mass is 16.7. The molecule has 130 valence electrons. The SMILES string of the molecule is C[C@@H]1O[C@@H](OC[C@H]2OC(O)[C@H](O)[C@@H](O)[C@@H]2O)[C@@H](O)[C@H](O)[C@@H]1O. The molecule has 0 spiro atoms. The van der Waals surface area contributed by atoms with E-state index >= 15 is 0 Å². The van der Waals surface area contributed by atoms with Crippen molar-refractivity contribution in [3.05, 3.63) is 0 Å². The molecule has 0 amide bonds. The zero-order chi connectivity index (χ0) is 16.6. The molecule has 0 bridgehead atoms. The van der Waals surface area contributed by atoms with Crippen LogP contribution in [-0.4, -0.2) is 104 Å². The molecule has 2 fully saturated rings. The lowest BCUT2D eigenvalue weighted by Crippen LogP contribution is -2.60. The van der Waals surface area contributed by atoms with Crippen LogP contribution in [0.3, 0.4) is 0 Å². The van der Waals surface area contributed by atoms with Crippen LogP contribution in [-0.2, 0) is 14.2 Å². The third-order valence-corrected chi connectivity index (χ3v) is 3.92. The lowest BCUT2D eigenvalue weighted by atomic mass is 9.99. The molecule has 0 aromatic carbocycles. The van der Waals surface area contributed by atoms with Crippen molar-refractivity contribution in [1.82, 2.24) is 0 Å². The van der Waals surface area contributed by atoms with Gasteiger partial charge in [-0.15, -0.1) is 0 Å². The Morgan fingerprint density at radius 1 is 0.727 bits per heavy atom. The molecule has 2 heterocycles. The first kappa shape index (κ1) is 17.9. The van der Waals surface area contributed by atoms with Crippen molar-refractivity contribution in [2.24, 2.45) is 0 Å². The Hall–Kier alpha value is -0.400. The quantitative estimate of drug-likeness (QED) is 0.269. The van der Waals surface area contributed by atoms with Gasteiger partial charge < -0.3 is 50.0 Å². The molecule has 0 radical (unpaired) electrons. The van der Waals surface area contributed by atoms with Crippen molar-refractivity contribution >= 4 is 0 Å². The largest absolute Gasteiger partial charge is 0.388 e. The summed E-state index contributed by atoms with van der Waals surface area (Å²) in [7, 11) is 0. The lowest BCUT2D eigenvalue weighted by Gasteiger charge is -2.41. The summed E-state index contributed by atoms with van der Waals surface area (Å²) < 4.78 is 15.3. The van der Waals surface area contributed by atoms with E-state index < -0.39 is 61.4 Å². The van der Waals surface area contributed by atoms with E-state index in [0.717, 1.165) is 0 Å². The van der Waals surface area contributed by atoms with E-state index in [0.29, 0.717) is 0 Å². The van der Waals surface area contributed by atoms with Crippen LogP contribution in [0.2, 0.25) is 0 Å². The van der Waals surface area contributed by atoms with Gasteiger partial charge >= 0.3 is 0 Å². The van der Waals surface area contributed by atoms with Gasteiger partial charge in [0.25, 0.3) is 0 Å². The van der Waals surface area contributed by atoms with Crippen molar-refractivity contribution in [1.29, 1.82) is 0 Å². The van der Waals surface area contributed by atoms with Crippen LogP contribution in [0.4, 0.5) is 0 Å². The van der Waals surface area contributed by atoms with E-state index in [4.69, 9.17) is 14.2 Å². The molecular formula is C12H22O10. The molecule has 0 aromatic rings. The van der Waals surface area contributed by atoms with Gasteiger partial charge in [-0.25, -0.2) is 0 Å². The zero-order valence-corrected chi connectivity index (χ0v) is 11.8.